The SMILES string of the molecule is CCN(CC(=O)Nc1c(Cl)cccc1Cl)C(=O)c1cc(C(C)C)nc2c1c(C)nn2C. The second kappa shape index (κ2) is 9.24. The monoisotopic (exact) mass is 461 g/mol. The Labute approximate surface area is 191 Å². The van der Waals surface area contributed by atoms with Crippen molar-refractivity contribution in [2.24, 2.45) is 7.05 Å². The molecule has 0 radical (unpaired) electrons. The highest BCUT2D eigenvalue weighted by Gasteiger charge is 2.24. The van der Waals surface area contributed by atoms with Crippen LogP contribution in [-0.2, 0) is 11.8 Å². The third-order valence-electron chi connectivity index (χ3n) is 5.04. The molecule has 0 aliphatic carbocycles. The number of aryl methyl sites for hydroxylation is 2. The third kappa shape index (κ3) is 4.67. The maximum Gasteiger partial charge on any atom is 0.255 e. The molecule has 3 rings (SSSR count). The van der Waals surface area contributed by atoms with Crippen LogP contribution in [0.3, 0.4) is 0 Å². The Morgan fingerprint density at radius 1 is 1.23 bits per heavy atom. The number of aromatic nitrogens is 3. The van der Waals surface area contributed by atoms with E-state index in [4.69, 9.17) is 23.2 Å². The maximum absolute atomic E-state index is 13.5. The van der Waals surface area contributed by atoms with Gasteiger partial charge in [0, 0.05) is 19.3 Å². The van der Waals surface area contributed by atoms with E-state index in [1.54, 1.807) is 36.0 Å². The molecule has 0 aliphatic rings. The topological polar surface area (TPSA) is 80.1 Å². The van der Waals surface area contributed by atoms with Gasteiger partial charge in [-0.1, -0.05) is 43.1 Å². The Hall–Kier alpha value is -2.64. The Balaban J connectivity index is 1.93. The zero-order valence-electron chi connectivity index (χ0n) is 18.2. The predicted molar refractivity (Wildman–Crippen MR) is 124 cm³/mol. The number of likely N-dealkylation sites (N-methyl/N-ethyl adjacent to an activating group) is 1. The minimum absolute atomic E-state index is 0.131. The Morgan fingerprint density at radius 2 is 1.87 bits per heavy atom. The first-order valence-electron chi connectivity index (χ1n) is 10.0. The van der Waals surface area contributed by atoms with Crippen LogP contribution >= 0.6 is 23.2 Å². The van der Waals surface area contributed by atoms with Crippen LogP contribution < -0.4 is 5.32 Å². The minimum Gasteiger partial charge on any atom is -0.330 e. The summed E-state index contributed by atoms with van der Waals surface area (Å²) in [5.41, 5.74) is 2.98. The summed E-state index contributed by atoms with van der Waals surface area (Å²) >= 11 is 12.3. The smallest absolute Gasteiger partial charge is 0.255 e. The standard InChI is InChI=1S/C22H25Cl2N5O2/c1-6-29(11-18(30)26-20-15(23)8-7-9-16(20)24)22(31)14-10-17(12(2)3)25-21-19(14)13(4)27-28(21)5/h7-10,12H,6,11H2,1-5H3,(H,26,30). The average molecular weight is 462 g/mol. The van der Waals surface area contributed by atoms with Gasteiger partial charge in [-0.15, -0.1) is 0 Å². The molecule has 1 N–H and O–H groups in total. The molecule has 1 aromatic carbocycles. The number of rotatable bonds is 6. The van der Waals surface area contributed by atoms with E-state index in [1.165, 1.54) is 4.90 Å². The van der Waals surface area contributed by atoms with E-state index in [0.717, 1.165) is 5.69 Å². The van der Waals surface area contributed by atoms with E-state index in [-0.39, 0.29) is 24.3 Å². The first-order chi connectivity index (χ1) is 14.6. The number of fused-ring (bicyclic) bond motifs is 1. The number of benzene rings is 1. The highest BCUT2D eigenvalue weighted by atomic mass is 35.5. The number of para-hydroxylation sites is 1. The molecular formula is C22H25Cl2N5O2. The molecular weight excluding hydrogens is 437 g/mol. The van der Waals surface area contributed by atoms with Gasteiger partial charge in [0.25, 0.3) is 5.91 Å². The van der Waals surface area contributed by atoms with Gasteiger partial charge >= 0.3 is 0 Å². The first kappa shape index (κ1) is 23.0. The number of amides is 2. The van der Waals surface area contributed by atoms with Crippen LogP contribution in [0.15, 0.2) is 24.3 Å². The summed E-state index contributed by atoms with van der Waals surface area (Å²) in [5.74, 6) is -0.511. The molecule has 0 fully saturated rings. The summed E-state index contributed by atoms with van der Waals surface area (Å²) in [6.07, 6.45) is 0. The summed E-state index contributed by atoms with van der Waals surface area (Å²) in [5, 5.41) is 8.50. The molecule has 0 saturated heterocycles. The van der Waals surface area contributed by atoms with Crippen molar-refractivity contribution in [1.82, 2.24) is 19.7 Å². The van der Waals surface area contributed by atoms with E-state index in [2.05, 4.69) is 15.4 Å². The number of nitrogens with zero attached hydrogens (tertiary/aromatic N) is 4. The number of nitrogens with one attached hydrogen (secondary N) is 1. The number of carbonyl (C=O) groups is 2. The van der Waals surface area contributed by atoms with Crippen molar-refractivity contribution in [3.05, 3.63) is 51.3 Å². The molecule has 2 amide bonds. The average Bonchev–Trinajstić information content (AvgIpc) is 3.01. The normalized spacial score (nSPS) is 11.2. The molecule has 0 unspecified atom stereocenters. The van der Waals surface area contributed by atoms with Crippen molar-refractivity contribution in [3.63, 3.8) is 0 Å². The summed E-state index contributed by atoms with van der Waals surface area (Å²) in [4.78, 5) is 32.3. The lowest BCUT2D eigenvalue weighted by molar-refractivity contribution is -0.116. The molecule has 31 heavy (non-hydrogen) atoms. The van der Waals surface area contributed by atoms with E-state index >= 15 is 0 Å². The molecule has 0 spiro atoms. The van der Waals surface area contributed by atoms with Gasteiger partial charge in [-0.05, 0) is 38.0 Å². The van der Waals surface area contributed by atoms with E-state index in [9.17, 15) is 9.59 Å². The van der Waals surface area contributed by atoms with Crippen LogP contribution in [0.2, 0.25) is 10.0 Å². The van der Waals surface area contributed by atoms with Gasteiger partial charge in [0.2, 0.25) is 5.91 Å². The third-order valence-corrected chi connectivity index (χ3v) is 5.67. The van der Waals surface area contributed by atoms with Gasteiger partial charge < -0.3 is 10.2 Å². The summed E-state index contributed by atoms with van der Waals surface area (Å²) in [6, 6.07) is 6.77. The predicted octanol–water partition coefficient (Wildman–Crippen LogP) is 4.81. The van der Waals surface area contributed by atoms with Gasteiger partial charge in [0.1, 0.15) is 6.54 Å². The number of hydrogen-bond acceptors (Lipinski definition) is 4. The number of halogens is 2. The van der Waals surface area contributed by atoms with Crippen LogP contribution in [0.4, 0.5) is 5.69 Å². The lowest BCUT2D eigenvalue weighted by Gasteiger charge is -2.22. The summed E-state index contributed by atoms with van der Waals surface area (Å²) in [7, 11) is 1.80. The fourth-order valence-electron chi connectivity index (χ4n) is 3.40. The number of anilines is 1. The van der Waals surface area contributed by atoms with Gasteiger partial charge in [0.05, 0.1) is 32.4 Å². The van der Waals surface area contributed by atoms with Crippen molar-refractivity contribution in [3.8, 4) is 0 Å². The first-order valence-corrected chi connectivity index (χ1v) is 10.8. The largest absolute Gasteiger partial charge is 0.330 e. The molecule has 0 aliphatic heterocycles. The van der Waals surface area contributed by atoms with Gasteiger partial charge in [-0.3, -0.25) is 14.3 Å². The Bertz CT molecular complexity index is 1140. The molecule has 3 aromatic rings. The van der Waals surface area contributed by atoms with Gasteiger partial charge in [-0.2, -0.15) is 5.10 Å². The van der Waals surface area contributed by atoms with Crippen LogP contribution in [-0.4, -0.2) is 44.6 Å². The second-order valence-corrected chi connectivity index (χ2v) is 8.44. The zero-order chi connectivity index (χ0) is 22.9. The number of hydrogen-bond donors (Lipinski definition) is 1. The van der Waals surface area contributed by atoms with Crippen molar-refractivity contribution in [1.29, 1.82) is 0 Å². The van der Waals surface area contributed by atoms with E-state index < -0.39 is 0 Å². The molecule has 0 saturated carbocycles. The fourth-order valence-corrected chi connectivity index (χ4v) is 3.89. The quantitative estimate of drug-likeness (QED) is 0.570. The molecule has 2 heterocycles. The summed E-state index contributed by atoms with van der Waals surface area (Å²) < 4.78 is 1.68. The van der Waals surface area contributed by atoms with Crippen LogP contribution in [0.1, 0.15) is 48.4 Å². The van der Waals surface area contributed by atoms with Crippen molar-refractivity contribution < 1.29 is 9.59 Å². The van der Waals surface area contributed by atoms with Crippen LogP contribution in [0.25, 0.3) is 11.0 Å². The number of carbonyl (C=O) groups excluding carboxylic acids is 2. The van der Waals surface area contributed by atoms with Crippen LogP contribution in [0.5, 0.6) is 0 Å². The van der Waals surface area contributed by atoms with Gasteiger partial charge in [-0.25, -0.2) is 4.98 Å². The highest BCUT2D eigenvalue weighted by molar-refractivity contribution is 6.39. The van der Waals surface area contributed by atoms with Crippen molar-refractivity contribution in [2.45, 2.75) is 33.6 Å². The lowest BCUT2D eigenvalue weighted by Crippen LogP contribution is -2.38. The van der Waals surface area contributed by atoms with Crippen LogP contribution in [0, 0.1) is 6.92 Å². The lowest BCUT2D eigenvalue weighted by atomic mass is 10.0. The molecule has 2 aromatic heterocycles. The summed E-state index contributed by atoms with van der Waals surface area (Å²) in [6.45, 7) is 7.91. The zero-order valence-corrected chi connectivity index (χ0v) is 19.7. The van der Waals surface area contributed by atoms with E-state index in [1.807, 2.05) is 27.7 Å². The van der Waals surface area contributed by atoms with Crippen molar-refractivity contribution in [2.75, 3.05) is 18.4 Å². The molecule has 7 nitrogen and oxygen atoms in total. The Kier molecular flexibility index (Phi) is 6.86. The molecule has 164 valence electrons. The Morgan fingerprint density at radius 3 is 2.45 bits per heavy atom. The molecule has 9 heteroatoms. The molecule has 0 atom stereocenters. The van der Waals surface area contributed by atoms with Crippen molar-refractivity contribution >= 4 is 51.7 Å². The maximum atomic E-state index is 13.5. The molecule has 0 bridgehead atoms. The van der Waals surface area contributed by atoms with Gasteiger partial charge in [0.15, 0.2) is 5.65 Å². The minimum atomic E-state index is -0.387. The fraction of sp³-hybridized carbons (Fsp3) is 0.364. The second-order valence-electron chi connectivity index (χ2n) is 7.62. The highest BCUT2D eigenvalue weighted by Crippen LogP contribution is 2.30. The number of pyridine rings is 1. The van der Waals surface area contributed by atoms with E-state index in [0.29, 0.717) is 44.6 Å².